The summed E-state index contributed by atoms with van der Waals surface area (Å²) in [5.74, 6) is -0.570. The van der Waals surface area contributed by atoms with Crippen molar-refractivity contribution >= 4 is 16.0 Å². The molecule has 1 heterocycles. The molecule has 1 unspecified atom stereocenters. The van der Waals surface area contributed by atoms with Gasteiger partial charge in [0.25, 0.3) is 0 Å². The summed E-state index contributed by atoms with van der Waals surface area (Å²) >= 11 is 0. The van der Waals surface area contributed by atoms with E-state index >= 15 is 0 Å². The normalized spacial score (nSPS) is 21.0. The summed E-state index contributed by atoms with van der Waals surface area (Å²) in [5.41, 5.74) is 0.375. The van der Waals surface area contributed by atoms with Gasteiger partial charge in [-0.2, -0.15) is 0 Å². The SMILES string of the molecule is COCC1(CNS(=O)(=O)c2cc(C(=O)OC)ccc2C)CCCN1. The Morgan fingerprint density at radius 3 is 2.71 bits per heavy atom. The third-order valence-electron chi connectivity index (χ3n) is 4.25. The highest BCUT2D eigenvalue weighted by Crippen LogP contribution is 2.22. The van der Waals surface area contributed by atoms with Gasteiger partial charge in [-0.05, 0) is 44.0 Å². The molecule has 0 radical (unpaired) electrons. The van der Waals surface area contributed by atoms with Gasteiger partial charge in [0.2, 0.25) is 10.0 Å². The predicted molar refractivity (Wildman–Crippen MR) is 89.6 cm³/mol. The molecule has 0 bridgehead atoms. The molecule has 134 valence electrons. The van der Waals surface area contributed by atoms with E-state index in [0.29, 0.717) is 12.2 Å². The summed E-state index contributed by atoms with van der Waals surface area (Å²) in [7, 11) is -0.896. The molecule has 0 aromatic heterocycles. The van der Waals surface area contributed by atoms with Crippen LogP contribution in [0.5, 0.6) is 0 Å². The molecule has 24 heavy (non-hydrogen) atoms. The Hall–Kier alpha value is -1.48. The Morgan fingerprint density at radius 1 is 1.38 bits per heavy atom. The number of sulfonamides is 1. The minimum Gasteiger partial charge on any atom is -0.465 e. The summed E-state index contributed by atoms with van der Waals surface area (Å²) in [4.78, 5) is 11.7. The first-order chi connectivity index (χ1) is 11.3. The van der Waals surface area contributed by atoms with Crippen LogP contribution in [0.4, 0.5) is 0 Å². The van der Waals surface area contributed by atoms with Crippen LogP contribution in [0.1, 0.15) is 28.8 Å². The fourth-order valence-corrected chi connectivity index (χ4v) is 4.31. The van der Waals surface area contributed by atoms with E-state index in [4.69, 9.17) is 4.74 Å². The molecular weight excluding hydrogens is 332 g/mol. The van der Waals surface area contributed by atoms with Gasteiger partial charge < -0.3 is 14.8 Å². The first-order valence-corrected chi connectivity index (χ1v) is 9.24. The van der Waals surface area contributed by atoms with E-state index in [9.17, 15) is 13.2 Å². The highest BCUT2D eigenvalue weighted by atomic mass is 32.2. The predicted octanol–water partition coefficient (Wildman–Crippen LogP) is 0.829. The molecule has 1 aliphatic rings. The van der Waals surface area contributed by atoms with E-state index in [1.165, 1.54) is 13.2 Å². The number of carbonyl (C=O) groups excluding carboxylic acids is 1. The molecule has 0 saturated carbocycles. The number of hydrogen-bond donors (Lipinski definition) is 2. The first kappa shape index (κ1) is 18.9. The molecule has 1 atom stereocenters. The lowest BCUT2D eigenvalue weighted by Crippen LogP contribution is -2.52. The summed E-state index contributed by atoms with van der Waals surface area (Å²) in [5, 5.41) is 3.32. The van der Waals surface area contributed by atoms with E-state index in [1.807, 2.05) is 0 Å². The van der Waals surface area contributed by atoms with Gasteiger partial charge in [0.15, 0.2) is 0 Å². The van der Waals surface area contributed by atoms with Crippen LogP contribution in [0.25, 0.3) is 0 Å². The zero-order valence-electron chi connectivity index (χ0n) is 14.2. The fourth-order valence-electron chi connectivity index (χ4n) is 2.92. The molecule has 1 aromatic carbocycles. The Kier molecular flexibility index (Phi) is 5.97. The second-order valence-electron chi connectivity index (χ2n) is 6.04. The first-order valence-electron chi connectivity index (χ1n) is 7.76. The van der Waals surface area contributed by atoms with E-state index in [0.717, 1.165) is 19.4 Å². The van der Waals surface area contributed by atoms with Gasteiger partial charge in [-0.1, -0.05) is 6.07 Å². The third kappa shape index (κ3) is 4.13. The van der Waals surface area contributed by atoms with Crippen LogP contribution in [0.2, 0.25) is 0 Å². The molecule has 1 fully saturated rings. The van der Waals surface area contributed by atoms with Gasteiger partial charge in [-0.25, -0.2) is 17.9 Å². The quantitative estimate of drug-likeness (QED) is 0.703. The van der Waals surface area contributed by atoms with Crippen molar-refractivity contribution in [2.24, 2.45) is 0 Å². The van der Waals surface area contributed by atoms with Crippen LogP contribution in [0.15, 0.2) is 23.1 Å². The van der Waals surface area contributed by atoms with Gasteiger partial charge in [-0.3, -0.25) is 0 Å². The van der Waals surface area contributed by atoms with Crippen molar-refractivity contribution in [2.75, 3.05) is 33.9 Å². The molecule has 2 N–H and O–H groups in total. The number of nitrogens with one attached hydrogen (secondary N) is 2. The lowest BCUT2D eigenvalue weighted by Gasteiger charge is -2.29. The van der Waals surface area contributed by atoms with Crippen molar-refractivity contribution in [1.82, 2.24) is 10.0 Å². The smallest absolute Gasteiger partial charge is 0.337 e. The average molecular weight is 356 g/mol. The standard InChI is InChI=1S/C16H24N2O5S/c1-12-5-6-13(15(19)23-3)9-14(12)24(20,21)18-10-16(11-22-2)7-4-8-17-16/h5-6,9,17-18H,4,7-8,10-11H2,1-3H3. The van der Waals surface area contributed by atoms with E-state index < -0.39 is 21.5 Å². The maximum atomic E-state index is 12.7. The van der Waals surface area contributed by atoms with Crippen LogP contribution >= 0.6 is 0 Å². The average Bonchev–Trinajstić information content (AvgIpc) is 3.02. The topological polar surface area (TPSA) is 93.7 Å². The molecule has 0 amide bonds. The van der Waals surface area contributed by atoms with Crippen LogP contribution in [-0.4, -0.2) is 53.8 Å². The lowest BCUT2D eigenvalue weighted by molar-refractivity contribution is 0.0600. The Morgan fingerprint density at radius 2 is 2.12 bits per heavy atom. The van der Waals surface area contributed by atoms with Gasteiger partial charge in [0, 0.05) is 13.7 Å². The highest BCUT2D eigenvalue weighted by Gasteiger charge is 2.35. The van der Waals surface area contributed by atoms with Gasteiger partial charge in [0.1, 0.15) is 0 Å². The molecule has 8 heteroatoms. The van der Waals surface area contributed by atoms with Crippen LogP contribution in [0.3, 0.4) is 0 Å². The van der Waals surface area contributed by atoms with Crippen molar-refractivity contribution in [3.63, 3.8) is 0 Å². The highest BCUT2D eigenvalue weighted by molar-refractivity contribution is 7.89. The molecular formula is C16H24N2O5S. The van der Waals surface area contributed by atoms with Crippen molar-refractivity contribution < 1.29 is 22.7 Å². The molecule has 0 aliphatic carbocycles. The molecule has 1 saturated heterocycles. The van der Waals surface area contributed by atoms with Crippen molar-refractivity contribution in [3.05, 3.63) is 29.3 Å². The Bertz CT molecular complexity index is 696. The zero-order valence-corrected chi connectivity index (χ0v) is 15.0. The monoisotopic (exact) mass is 356 g/mol. The fraction of sp³-hybridized carbons (Fsp3) is 0.562. The van der Waals surface area contributed by atoms with Crippen LogP contribution in [-0.2, 0) is 19.5 Å². The summed E-state index contributed by atoms with van der Waals surface area (Å²) in [6, 6.07) is 4.49. The number of hydrogen-bond acceptors (Lipinski definition) is 6. The molecule has 1 aromatic rings. The minimum atomic E-state index is -3.75. The molecule has 2 rings (SSSR count). The number of benzene rings is 1. The van der Waals surface area contributed by atoms with Crippen molar-refractivity contribution in [2.45, 2.75) is 30.2 Å². The largest absolute Gasteiger partial charge is 0.465 e. The number of esters is 1. The Balaban J connectivity index is 2.22. The summed E-state index contributed by atoms with van der Waals surface area (Å²) in [6.07, 6.45) is 1.81. The minimum absolute atomic E-state index is 0.0796. The Labute approximate surface area is 142 Å². The second-order valence-corrected chi connectivity index (χ2v) is 7.78. The third-order valence-corrected chi connectivity index (χ3v) is 5.80. The number of aryl methyl sites for hydroxylation is 1. The summed E-state index contributed by atoms with van der Waals surface area (Å²) < 4.78 is 37.9. The molecule has 1 aliphatic heterocycles. The van der Waals surface area contributed by atoms with E-state index in [-0.39, 0.29) is 17.0 Å². The zero-order chi connectivity index (χ0) is 17.8. The van der Waals surface area contributed by atoms with Gasteiger partial charge >= 0.3 is 5.97 Å². The maximum absolute atomic E-state index is 12.7. The molecule has 0 spiro atoms. The number of carbonyl (C=O) groups is 1. The maximum Gasteiger partial charge on any atom is 0.337 e. The van der Waals surface area contributed by atoms with Crippen molar-refractivity contribution in [1.29, 1.82) is 0 Å². The lowest BCUT2D eigenvalue weighted by atomic mass is 9.99. The van der Waals surface area contributed by atoms with E-state index in [1.54, 1.807) is 26.2 Å². The number of rotatable bonds is 7. The summed E-state index contributed by atoms with van der Waals surface area (Å²) in [6.45, 7) is 3.18. The van der Waals surface area contributed by atoms with Crippen LogP contribution in [0, 0.1) is 6.92 Å². The number of ether oxygens (including phenoxy) is 2. The van der Waals surface area contributed by atoms with E-state index in [2.05, 4.69) is 14.8 Å². The van der Waals surface area contributed by atoms with Gasteiger partial charge in [0.05, 0.1) is 29.7 Å². The second kappa shape index (κ2) is 7.60. The molecule has 7 nitrogen and oxygen atoms in total. The van der Waals surface area contributed by atoms with Crippen LogP contribution < -0.4 is 10.0 Å². The number of methoxy groups -OCH3 is 2. The van der Waals surface area contributed by atoms with Crippen molar-refractivity contribution in [3.8, 4) is 0 Å². The van der Waals surface area contributed by atoms with Gasteiger partial charge in [-0.15, -0.1) is 0 Å².